The Labute approximate surface area is 118 Å². The largest absolute Gasteiger partial charge is 0.371 e. The molecule has 106 valence electrons. The maximum atomic E-state index is 5.85. The Kier molecular flexibility index (Phi) is 4.87. The maximum absolute atomic E-state index is 5.85. The van der Waals surface area contributed by atoms with E-state index < -0.39 is 0 Å². The third-order valence-electron chi connectivity index (χ3n) is 4.46. The first-order valence-corrected chi connectivity index (χ1v) is 7.65. The third-order valence-corrected chi connectivity index (χ3v) is 4.46. The van der Waals surface area contributed by atoms with Crippen molar-refractivity contribution in [1.29, 1.82) is 0 Å². The van der Waals surface area contributed by atoms with E-state index in [0.29, 0.717) is 6.04 Å². The second-order valence-corrected chi connectivity index (χ2v) is 6.29. The molecule has 1 fully saturated rings. The first-order chi connectivity index (χ1) is 9.08. The molecule has 0 heterocycles. The lowest BCUT2D eigenvalue weighted by Crippen LogP contribution is -2.38. The van der Waals surface area contributed by atoms with Gasteiger partial charge in [-0.3, -0.25) is 0 Å². The van der Waals surface area contributed by atoms with Crippen molar-refractivity contribution >= 4 is 5.69 Å². The number of hydrogen-bond acceptors (Lipinski definition) is 2. The van der Waals surface area contributed by atoms with Gasteiger partial charge in [0, 0.05) is 24.8 Å². The predicted molar refractivity (Wildman–Crippen MR) is 83.6 cm³/mol. The van der Waals surface area contributed by atoms with Gasteiger partial charge in [0.2, 0.25) is 0 Å². The number of anilines is 1. The van der Waals surface area contributed by atoms with Gasteiger partial charge in [0.25, 0.3) is 0 Å². The Balaban J connectivity index is 2.04. The summed E-state index contributed by atoms with van der Waals surface area (Å²) >= 11 is 0. The Hall–Kier alpha value is -1.02. The van der Waals surface area contributed by atoms with Crippen LogP contribution in [0, 0.1) is 5.92 Å². The van der Waals surface area contributed by atoms with E-state index in [2.05, 4.69) is 50.1 Å². The Morgan fingerprint density at radius 1 is 1.21 bits per heavy atom. The van der Waals surface area contributed by atoms with Crippen LogP contribution in [0.4, 0.5) is 5.69 Å². The van der Waals surface area contributed by atoms with Crippen LogP contribution in [-0.4, -0.2) is 19.1 Å². The van der Waals surface area contributed by atoms with Crippen LogP contribution in [0.25, 0.3) is 0 Å². The molecule has 2 nitrogen and oxygen atoms in total. The fraction of sp³-hybridized carbons (Fsp3) is 0.647. The minimum atomic E-state index is 0.238. The first kappa shape index (κ1) is 14.4. The van der Waals surface area contributed by atoms with Crippen molar-refractivity contribution in [2.24, 2.45) is 11.7 Å². The summed E-state index contributed by atoms with van der Waals surface area (Å²) in [7, 11) is 2.24. The zero-order valence-electron chi connectivity index (χ0n) is 12.6. The molecule has 3 unspecified atom stereocenters. The van der Waals surface area contributed by atoms with Crippen molar-refractivity contribution in [3.05, 3.63) is 29.8 Å². The molecule has 1 aliphatic rings. The van der Waals surface area contributed by atoms with Crippen LogP contribution < -0.4 is 10.6 Å². The summed E-state index contributed by atoms with van der Waals surface area (Å²) in [5, 5.41) is 0. The lowest BCUT2D eigenvalue weighted by Gasteiger charge is -2.37. The van der Waals surface area contributed by atoms with Crippen LogP contribution in [0.15, 0.2) is 24.3 Å². The van der Waals surface area contributed by atoms with Crippen molar-refractivity contribution in [2.75, 3.05) is 11.9 Å². The number of nitrogens with zero attached hydrogens (tertiary/aromatic N) is 1. The van der Waals surface area contributed by atoms with Gasteiger partial charge in [0.05, 0.1) is 0 Å². The van der Waals surface area contributed by atoms with Gasteiger partial charge in [-0.15, -0.1) is 0 Å². The van der Waals surface area contributed by atoms with E-state index in [4.69, 9.17) is 5.73 Å². The molecule has 1 aromatic rings. The molecule has 19 heavy (non-hydrogen) atoms. The van der Waals surface area contributed by atoms with Crippen LogP contribution in [0.1, 0.15) is 45.1 Å². The fourth-order valence-corrected chi connectivity index (χ4v) is 3.30. The van der Waals surface area contributed by atoms with E-state index in [9.17, 15) is 0 Å². The minimum absolute atomic E-state index is 0.238. The summed E-state index contributed by atoms with van der Waals surface area (Å²) in [6, 6.07) is 9.89. The van der Waals surface area contributed by atoms with Crippen LogP contribution in [0.2, 0.25) is 0 Å². The molecule has 0 bridgehead atoms. The highest BCUT2D eigenvalue weighted by atomic mass is 15.1. The van der Waals surface area contributed by atoms with Gasteiger partial charge in [-0.1, -0.05) is 31.9 Å². The minimum Gasteiger partial charge on any atom is -0.371 e. The van der Waals surface area contributed by atoms with E-state index in [1.54, 1.807) is 0 Å². The second kappa shape index (κ2) is 6.42. The van der Waals surface area contributed by atoms with Crippen molar-refractivity contribution in [1.82, 2.24) is 0 Å². The molecule has 0 radical (unpaired) electrons. The molecule has 0 aliphatic heterocycles. The average molecular weight is 260 g/mol. The molecule has 1 aliphatic carbocycles. The van der Waals surface area contributed by atoms with Crippen molar-refractivity contribution < 1.29 is 0 Å². The quantitative estimate of drug-likeness (QED) is 0.896. The molecule has 2 rings (SSSR count). The summed E-state index contributed by atoms with van der Waals surface area (Å²) in [5.41, 5.74) is 8.52. The fourth-order valence-electron chi connectivity index (χ4n) is 3.30. The molecule has 0 spiro atoms. The first-order valence-electron chi connectivity index (χ1n) is 7.65. The van der Waals surface area contributed by atoms with Crippen LogP contribution >= 0.6 is 0 Å². The summed E-state index contributed by atoms with van der Waals surface area (Å²) in [4.78, 5) is 2.47. The highest BCUT2D eigenvalue weighted by Crippen LogP contribution is 2.30. The Morgan fingerprint density at radius 2 is 1.84 bits per heavy atom. The van der Waals surface area contributed by atoms with Gasteiger partial charge in [0.1, 0.15) is 0 Å². The summed E-state index contributed by atoms with van der Waals surface area (Å²) in [6.07, 6.45) is 6.45. The third kappa shape index (κ3) is 3.73. The molecule has 1 saturated carbocycles. The number of nitrogens with two attached hydrogens (primary N) is 1. The normalized spacial score (nSPS) is 25.1. The van der Waals surface area contributed by atoms with E-state index in [1.807, 2.05) is 0 Å². The van der Waals surface area contributed by atoms with Crippen molar-refractivity contribution in [3.63, 3.8) is 0 Å². The van der Waals surface area contributed by atoms with E-state index in [0.717, 1.165) is 12.3 Å². The average Bonchev–Trinajstić information content (AvgIpc) is 2.39. The number of rotatable bonds is 4. The monoisotopic (exact) mass is 260 g/mol. The van der Waals surface area contributed by atoms with Gasteiger partial charge in [-0.25, -0.2) is 0 Å². The van der Waals surface area contributed by atoms with Crippen LogP contribution in [0.3, 0.4) is 0 Å². The number of benzene rings is 1. The van der Waals surface area contributed by atoms with E-state index in [1.165, 1.54) is 36.9 Å². The standard InChI is InChI=1S/C17H28N2/c1-13-6-4-5-7-17(13)19(3)16-10-8-15(9-11-16)12-14(2)18/h8-11,13-14,17H,4-7,12,18H2,1-3H3. The van der Waals surface area contributed by atoms with Gasteiger partial charge < -0.3 is 10.6 Å². The zero-order valence-corrected chi connectivity index (χ0v) is 12.6. The highest BCUT2D eigenvalue weighted by molar-refractivity contribution is 5.48. The zero-order chi connectivity index (χ0) is 13.8. The smallest absolute Gasteiger partial charge is 0.0366 e. The predicted octanol–water partition coefficient (Wildman–Crippen LogP) is 3.59. The van der Waals surface area contributed by atoms with Crippen LogP contribution in [0.5, 0.6) is 0 Å². The highest BCUT2D eigenvalue weighted by Gasteiger charge is 2.24. The van der Waals surface area contributed by atoms with Gasteiger partial charge in [0.15, 0.2) is 0 Å². The molecule has 0 saturated heterocycles. The lowest BCUT2D eigenvalue weighted by atomic mass is 9.85. The summed E-state index contributed by atoms with van der Waals surface area (Å²) < 4.78 is 0. The second-order valence-electron chi connectivity index (χ2n) is 6.29. The molecular formula is C17H28N2. The Morgan fingerprint density at radius 3 is 2.42 bits per heavy atom. The molecule has 2 heteroatoms. The van der Waals surface area contributed by atoms with Crippen molar-refractivity contribution in [3.8, 4) is 0 Å². The van der Waals surface area contributed by atoms with Crippen molar-refractivity contribution in [2.45, 2.75) is 58.0 Å². The van der Waals surface area contributed by atoms with E-state index >= 15 is 0 Å². The molecule has 0 aromatic heterocycles. The molecule has 0 amide bonds. The molecule has 2 N–H and O–H groups in total. The SMILES string of the molecule is CC(N)Cc1ccc(N(C)C2CCCCC2C)cc1. The summed E-state index contributed by atoms with van der Waals surface area (Å²) in [5.74, 6) is 0.808. The topological polar surface area (TPSA) is 29.3 Å². The maximum Gasteiger partial charge on any atom is 0.0366 e. The number of hydrogen-bond donors (Lipinski definition) is 1. The summed E-state index contributed by atoms with van der Waals surface area (Å²) in [6.45, 7) is 4.45. The van der Waals surface area contributed by atoms with Crippen LogP contribution in [-0.2, 0) is 6.42 Å². The molecular weight excluding hydrogens is 232 g/mol. The van der Waals surface area contributed by atoms with E-state index in [-0.39, 0.29) is 6.04 Å². The molecule has 3 atom stereocenters. The molecule has 1 aromatic carbocycles. The van der Waals surface area contributed by atoms with Gasteiger partial charge in [-0.2, -0.15) is 0 Å². The van der Waals surface area contributed by atoms with Gasteiger partial charge >= 0.3 is 0 Å². The Bertz CT molecular complexity index is 383. The van der Waals surface area contributed by atoms with Gasteiger partial charge in [-0.05, 0) is 49.8 Å². The lowest BCUT2D eigenvalue weighted by molar-refractivity contribution is 0.321.